The van der Waals surface area contributed by atoms with Crippen molar-refractivity contribution >= 4 is 5.82 Å². The molecule has 0 spiro atoms. The van der Waals surface area contributed by atoms with Gasteiger partial charge < -0.3 is 10.3 Å². The van der Waals surface area contributed by atoms with Crippen molar-refractivity contribution in [2.75, 3.05) is 5.73 Å². The highest BCUT2D eigenvalue weighted by Crippen LogP contribution is 1.96. The van der Waals surface area contributed by atoms with E-state index in [1.54, 1.807) is 7.05 Å². The van der Waals surface area contributed by atoms with Crippen molar-refractivity contribution in [3.05, 3.63) is 51.2 Å². The van der Waals surface area contributed by atoms with Gasteiger partial charge in [-0.3, -0.25) is 14.3 Å². The first-order chi connectivity index (χ1) is 8.08. The lowest BCUT2D eigenvalue weighted by molar-refractivity contribution is 0.629. The van der Waals surface area contributed by atoms with Crippen molar-refractivity contribution in [1.82, 2.24) is 19.1 Å². The van der Waals surface area contributed by atoms with Gasteiger partial charge in [0.2, 0.25) is 0 Å². The van der Waals surface area contributed by atoms with Crippen LogP contribution in [0.1, 0.15) is 5.69 Å². The van der Waals surface area contributed by atoms with E-state index in [0.29, 0.717) is 11.5 Å². The van der Waals surface area contributed by atoms with Crippen LogP contribution in [0.5, 0.6) is 0 Å². The van der Waals surface area contributed by atoms with Crippen LogP contribution < -0.4 is 17.0 Å². The molecule has 0 aliphatic carbocycles. The first-order valence-corrected chi connectivity index (χ1v) is 4.91. The van der Waals surface area contributed by atoms with Gasteiger partial charge in [0.25, 0.3) is 5.56 Å². The Hall–Kier alpha value is -2.44. The molecule has 0 unspecified atom stereocenters. The largest absolute Gasteiger partial charge is 0.382 e. The van der Waals surface area contributed by atoms with Crippen LogP contribution >= 0.6 is 0 Å². The molecule has 0 saturated heterocycles. The molecule has 7 heteroatoms. The third-order valence-electron chi connectivity index (χ3n) is 2.28. The molecule has 17 heavy (non-hydrogen) atoms. The zero-order valence-electron chi connectivity index (χ0n) is 9.20. The molecule has 0 aromatic carbocycles. The molecule has 0 aliphatic heterocycles. The first-order valence-electron chi connectivity index (χ1n) is 4.91. The quantitative estimate of drug-likeness (QED) is 0.715. The fourth-order valence-corrected chi connectivity index (χ4v) is 1.37. The number of anilines is 1. The number of hydrogen-bond acceptors (Lipinski definition) is 5. The second kappa shape index (κ2) is 4.20. The second-order valence-electron chi connectivity index (χ2n) is 3.57. The van der Waals surface area contributed by atoms with E-state index >= 15 is 0 Å². The maximum absolute atomic E-state index is 11.7. The predicted octanol–water partition coefficient (Wildman–Crippen LogP) is -1.03. The van der Waals surface area contributed by atoms with E-state index < -0.39 is 5.69 Å². The molecule has 0 radical (unpaired) electrons. The van der Waals surface area contributed by atoms with E-state index in [2.05, 4.69) is 9.97 Å². The van der Waals surface area contributed by atoms with Gasteiger partial charge in [0, 0.05) is 19.3 Å². The van der Waals surface area contributed by atoms with Crippen LogP contribution in [0.2, 0.25) is 0 Å². The van der Waals surface area contributed by atoms with Crippen LogP contribution in [0.3, 0.4) is 0 Å². The Balaban J connectivity index is 2.43. The SMILES string of the molecule is Cn1ccc(=O)n(Cc2cnc(N)cn2)c1=O. The Labute approximate surface area is 96.2 Å². The summed E-state index contributed by atoms with van der Waals surface area (Å²) in [5.41, 5.74) is 5.14. The third-order valence-corrected chi connectivity index (χ3v) is 2.28. The Kier molecular flexibility index (Phi) is 2.73. The Bertz CT molecular complexity index is 641. The predicted molar refractivity (Wildman–Crippen MR) is 61.5 cm³/mol. The minimum Gasteiger partial charge on any atom is -0.382 e. The molecule has 0 atom stereocenters. The van der Waals surface area contributed by atoms with Gasteiger partial charge in [0.05, 0.1) is 24.6 Å². The molecular weight excluding hydrogens is 222 g/mol. The summed E-state index contributed by atoms with van der Waals surface area (Å²) in [7, 11) is 1.58. The van der Waals surface area contributed by atoms with Crippen LogP contribution in [0.25, 0.3) is 0 Å². The summed E-state index contributed by atoms with van der Waals surface area (Å²) in [6.45, 7) is 0.0830. The monoisotopic (exact) mass is 233 g/mol. The fraction of sp³-hybridized carbons (Fsp3) is 0.200. The van der Waals surface area contributed by atoms with E-state index in [0.717, 1.165) is 4.57 Å². The molecule has 2 aromatic heterocycles. The summed E-state index contributed by atoms with van der Waals surface area (Å²) in [5.74, 6) is 0.294. The minimum absolute atomic E-state index is 0.0830. The Morgan fingerprint density at radius 1 is 1.29 bits per heavy atom. The van der Waals surface area contributed by atoms with Crippen molar-refractivity contribution in [3.8, 4) is 0 Å². The van der Waals surface area contributed by atoms with Crippen molar-refractivity contribution in [1.29, 1.82) is 0 Å². The van der Waals surface area contributed by atoms with Crippen molar-refractivity contribution in [2.45, 2.75) is 6.54 Å². The average molecular weight is 233 g/mol. The second-order valence-corrected chi connectivity index (χ2v) is 3.57. The molecule has 0 amide bonds. The number of aryl methyl sites for hydroxylation is 1. The van der Waals surface area contributed by atoms with Crippen molar-refractivity contribution < 1.29 is 0 Å². The van der Waals surface area contributed by atoms with Crippen LogP contribution in [0.15, 0.2) is 34.2 Å². The maximum atomic E-state index is 11.7. The summed E-state index contributed by atoms with van der Waals surface area (Å²) in [4.78, 5) is 31.1. The minimum atomic E-state index is -0.392. The van der Waals surface area contributed by atoms with Gasteiger partial charge in [0.15, 0.2) is 0 Å². The van der Waals surface area contributed by atoms with Gasteiger partial charge in [-0.1, -0.05) is 0 Å². The third kappa shape index (κ3) is 2.22. The zero-order valence-corrected chi connectivity index (χ0v) is 9.20. The van der Waals surface area contributed by atoms with Crippen LogP contribution in [-0.4, -0.2) is 19.1 Å². The van der Waals surface area contributed by atoms with Gasteiger partial charge in [-0.25, -0.2) is 9.78 Å². The molecule has 88 valence electrons. The highest BCUT2D eigenvalue weighted by molar-refractivity contribution is 5.22. The highest BCUT2D eigenvalue weighted by atomic mass is 16.2. The fourth-order valence-electron chi connectivity index (χ4n) is 1.37. The lowest BCUT2D eigenvalue weighted by Gasteiger charge is -2.05. The maximum Gasteiger partial charge on any atom is 0.331 e. The lowest BCUT2D eigenvalue weighted by atomic mass is 10.4. The zero-order chi connectivity index (χ0) is 12.4. The molecule has 2 rings (SSSR count). The lowest BCUT2D eigenvalue weighted by Crippen LogP contribution is -2.38. The first kappa shape index (κ1) is 11.1. The Morgan fingerprint density at radius 2 is 2.06 bits per heavy atom. The average Bonchev–Trinajstić information content (AvgIpc) is 2.32. The number of aromatic nitrogens is 4. The molecule has 2 N–H and O–H groups in total. The van der Waals surface area contributed by atoms with Crippen LogP contribution in [0, 0.1) is 0 Å². The number of nitrogens with two attached hydrogens (primary N) is 1. The van der Waals surface area contributed by atoms with E-state index in [-0.39, 0.29) is 12.1 Å². The summed E-state index contributed by atoms with van der Waals surface area (Å²) < 4.78 is 2.41. The van der Waals surface area contributed by atoms with Crippen LogP contribution in [-0.2, 0) is 13.6 Å². The number of nitrogen functional groups attached to an aromatic ring is 1. The number of rotatable bonds is 2. The standard InChI is InChI=1S/C10H11N5O2/c1-14-3-2-9(16)15(10(14)17)6-7-4-13-8(11)5-12-7/h2-5H,6H2,1H3,(H2,11,13). The molecular formula is C10H11N5O2. The Morgan fingerprint density at radius 3 is 2.71 bits per heavy atom. The molecule has 0 fully saturated rings. The number of nitrogens with zero attached hydrogens (tertiary/aromatic N) is 4. The van der Waals surface area contributed by atoms with Gasteiger partial charge in [0.1, 0.15) is 5.82 Å². The molecule has 0 aliphatic rings. The summed E-state index contributed by atoms with van der Waals surface area (Å²) >= 11 is 0. The van der Waals surface area contributed by atoms with E-state index in [1.807, 2.05) is 0 Å². The van der Waals surface area contributed by atoms with Gasteiger partial charge in [-0.2, -0.15) is 0 Å². The number of hydrogen-bond donors (Lipinski definition) is 1. The smallest absolute Gasteiger partial charge is 0.331 e. The van der Waals surface area contributed by atoms with Crippen LogP contribution in [0.4, 0.5) is 5.82 Å². The highest BCUT2D eigenvalue weighted by Gasteiger charge is 2.04. The van der Waals surface area contributed by atoms with E-state index in [9.17, 15) is 9.59 Å². The topological polar surface area (TPSA) is 95.8 Å². The molecule has 0 saturated carbocycles. The summed E-state index contributed by atoms with van der Waals surface area (Å²) in [5, 5.41) is 0. The molecule has 2 aromatic rings. The summed E-state index contributed by atoms with van der Waals surface area (Å²) in [6, 6.07) is 1.33. The normalized spacial score (nSPS) is 10.4. The van der Waals surface area contributed by atoms with E-state index in [4.69, 9.17) is 5.73 Å². The van der Waals surface area contributed by atoms with E-state index in [1.165, 1.54) is 29.2 Å². The van der Waals surface area contributed by atoms with Gasteiger partial charge in [-0.05, 0) is 0 Å². The molecule has 7 nitrogen and oxygen atoms in total. The van der Waals surface area contributed by atoms with Crippen molar-refractivity contribution in [3.63, 3.8) is 0 Å². The van der Waals surface area contributed by atoms with Crippen molar-refractivity contribution in [2.24, 2.45) is 7.05 Å². The van der Waals surface area contributed by atoms with Gasteiger partial charge in [-0.15, -0.1) is 0 Å². The summed E-state index contributed by atoms with van der Waals surface area (Å²) in [6.07, 6.45) is 4.25. The van der Waals surface area contributed by atoms with Gasteiger partial charge >= 0.3 is 5.69 Å². The molecule has 0 bridgehead atoms. The molecule has 2 heterocycles.